The minimum absolute atomic E-state index is 1.06. The molecule has 0 spiro atoms. The van der Waals surface area contributed by atoms with Crippen LogP contribution in [0.2, 0.25) is 0 Å². The molecule has 0 amide bonds. The SMILES string of the molecule is CCCCCCCCn1c2cc3ccccc3cc2c2ccc3c(ccc4c5cc6ccccc6cc5n(CCCCCCCC)c43)c21. The Bertz CT molecular complexity index is 2210. The Morgan fingerprint density at radius 2 is 0.688 bits per heavy atom. The van der Waals surface area contributed by atoms with Crippen molar-refractivity contribution < 1.29 is 0 Å². The molecule has 2 nitrogen and oxygen atoms in total. The van der Waals surface area contributed by atoms with Crippen LogP contribution in [0.5, 0.6) is 0 Å². The van der Waals surface area contributed by atoms with Gasteiger partial charge in [-0.3, -0.25) is 0 Å². The molecule has 2 heterocycles. The Morgan fingerprint density at radius 3 is 1.08 bits per heavy atom. The van der Waals surface area contributed by atoms with Crippen LogP contribution in [0.15, 0.2) is 97.1 Å². The Kier molecular flexibility index (Phi) is 8.83. The standard InChI is InChI=1S/C46H50N2/c1-3-5-7-9-11-17-27-47-43-31-35-21-15-13-19-33(35)29-41(43)39-25-24-38-37(45(39)47)23-26-40-42-30-34-20-14-16-22-36(34)32-44(42)48(46(38)40)28-18-12-10-8-6-4-2/h13-16,19-26,29-32H,3-12,17-18,27-28H2,1-2H3. The first kappa shape index (κ1) is 31.0. The third-order valence-electron chi connectivity index (χ3n) is 11.0. The maximum absolute atomic E-state index is 2.68. The van der Waals surface area contributed by atoms with Crippen LogP contribution in [0, 0.1) is 0 Å². The first-order valence-electron chi connectivity index (χ1n) is 19.0. The lowest BCUT2D eigenvalue weighted by Gasteiger charge is -2.13. The number of fused-ring (bicyclic) bond motifs is 11. The number of hydrogen-bond donors (Lipinski definition) is 0. The summed E-state index contributed by atoms with van der Waals surface area (Å²) in [5.74, 6) is 0. The van der Waals surface area contributed by atoms with Gasteiger partial charge in [0.1, 0.15) is 0 Å². The third kappa shape index (κ3) is 5.54. The average Bonchev–Trinajstić information content (AvgIpc) is 3.60. The summed E-state index contributed by atoms with van der Waals surface area (Å²) in [6.45, 7) is 6.74. The minimum Gasteiger partial charge on any atom is -0.340 e. The van der Waals surface area contributed by atoms with Gasteiger partial charge in [-0.25, -0.2) is 0 Å². The predicted molar refractivity (Wildman–Crippen MR) is 212 cm³/mol. The summed E-state index contributed by atoms with van der Waals surface area (Å²) in [5, 5.41) is 13.6. The number of rotatable bonds is 14. The van der Waals surface area contributed by atoms with Crippen LogP contribution in [0.25, 0.3) is 75.9 Å². The Labute approximate surface area is 285 Å². The molecule has 0 aliphatic heterocycles. The number of unbranched alkanes of at least 4 members (excludes halogenated alkanes) is 10. The van der Waals surface area contributed by atoms with Crippen molar-refractivity contribution in [2.24, 2.45) is 0 Å². The molecular weight excluding hydrogens is 581 g/mol. The van der Waals surface area contributed by atoms with Crippen LogP contribution in [-0.4, -0.2) is 9.13 Å². The van der Waals surface area contributed by atoms with Gasteiger partial charge in [0.15, 0.2) is 0 Å². The molecule has 0 bridgehead atoms. The van der Waals surface area contributed by atoms with E-state index in [1.54, 1.807) is 0 Å². The molecule has 0 saturated carbocycles. The van der Waals surface area contributed by atoms with Gasteiger partial charge in [0, 0.05) is 56.4 Å². The van der Waals surface area contributed by atoms with Crippen molar-refractivity contribution in [3.63, 3.8) is 0 Å². The predicted octanol–water partition coefficient (Wildman–Crippen LogP) is 14.1. The number of aromatic nitrogens is 2. The first-order chi connectivity index (χ1) is 23.8. The maximum Gasteiger partial charge on any atom is 0.0571 e. The highest BCUT2D eigenvalue weighted by molar-refractivity contribution is 6.26. The molecule has 0 aliphatic carbocycles. The fourth-order valence-electron chi connectivity index (χ4n) is 8.53. The minimum atomic E-state index is 1.06. The lowest BCUT2D eigenvalue weighted by molar-refractivity contribution is 0.571. The van der Waals surface area contributed by atoms with Gasteiger partial charge >= 0.3 is 0 Å². The van der Waals surface area contributed by atoms with Gasteiger partial charge in [-0.05, 0) is 58.7 Å². The largest absolute Gasteiger partial charge is 0.340 e. The van der Waals surface area contributed by atoms with Gasteiger partial charge in [-0.2, -0.15) is 0 Å². The topological polar surface area (TPSA) is 9.86 Å². The van der Waals surface area contributed by atoms with Crippen molar-refractivity contribution in [2.45, 2.75) is 104 Å². The molecule has 244 valence electrons. The van der Waals surface area contributed by atoms with E-state index in [0.717, 1.165) is 13.1 Å². The third-order valence-corrected chi connectivity index (χ3v) is 11.0. The molecule has 0 aliphatic rings. The Morgan fingerprint density at radius 1 is 0.354 bits per heavy atom. The van der Waals surface area contributed by atoms with Gasteiger partial charge in [0.05, 0.1) is 11.0 Å². The average molecular weight is 631 g/mol. The second kappa shape index (κ2) is 13.7. The van der Waals surface area contributed by atoms with E-state index in [1.165, 1.54) is 153 Å². The van der Waals surface area contributed by atoms with Gasteiger partial charge in [-0.1, -0.05) is 151 Å². The summed E-state index contributed by atoms with van der Waals surface area (Å²) in [7, 11) is 0. The van der Waals surface area contributed by atoms with Crippen LogP contribution < -0.4 is 0 Å². The van der Waals surface area contributed by atoms with Crippen LogP contribution in [0.4, 0.5) is 0 Å². The maximum atomic E-state index is 2.68. The molecule has 0 radical (unpaired) electrons. The molecule has 48 heavy (non-hydrogen) atoms. The van der Waals surface area contributed by atoms with E-state index in [0.29, 0.717) is 0 Å². The molecule has 2 aromatic heterocycles. The molecule has 0 atom stereocenters. The molecule has 6 aromatic carbocycles. The lowest BCUT2D eigenvalue weighted by Crippen LogP contribution is -2.00. The van der Waals surface area contributed by atoms with Gasteiger partial charge < -0.3 is 9.13 Å². The zero-order chi connectivity index (χ0) is 32.5. The van der Waals surface area contributed by atoms with E-state index in [1.807, 2.05) is 0 Å². The smallest absolute Gasteiger partial charge is 0.0571 e. The highest BCUT2D eigenvalue weighted by atomic mass is 15.0. The van der Waals surface area contributed by atoms with Crippen LogP contribution in [0.1, 0.15) is 90.9 Å². The van der Waals surface area contributed by atoms with Crippen molar-refractivity contribution in [3.05, 3.63) is 97.1 Å². The summed E-state index contributed by atoms with van der Waals surface area (Å²) < 4.78 is 5.36. The molecule has 8 rings (SSSR count). The van der Waals surface area contributed by atoms with Crippen molar-refractivity contribution in [1.82, 2.24) is 9.13 Å². The van der Waals surface area contributed by atoms with Crippen LogP contribution >= 0.6 is 0 Å². The summed E-state index contributed by atoms with van der Waals surface area (Å²) in [6.07, 6.45) is 15.7. The van der Waals surface area contributed by atoms with E-state index >= 15 is 0 Å². The quantitative estimate of drug-likeness (QED) is 0.106. The molecule has 0 unspecified atom stereocenters. The number of aryl methyl sites for hydroxylation is 2. The molecular formula is C46H50N2. The van der Waals surface area contributed by atoms with E-state index < -0.39 is 0 Å². The summed E-state index contributed by atoms with van der Waals surface area (Å²) >= 11 is 0. The summed E-state index contributed by atoms with van der Waals surface area (Å²) in [6, 6.07) is 37.3. The van der Waals surface area contributed by atoms with Gasteiger partial charge in [-0.15, -0.1) is 0 Å². The highest BCUT2D eigenvalue weighted by Gasteiger charge is 2.19. The normalized spacial score (nSPS) is 12.3. The summed E-state index contributed by atoms with van der Waals surface area (Å²) in [4.78, 5) is 0. The van der Waals surface area contributed by atoms with Crippen molar-refractivity contribution in [1.29, 1.82) is 0 Å². The zero-order valence-electron chi connectivity index (χ0n) is 29.0. The van der Waals surface area contributed by atoms with E-state index in [2.05, 4.69) is 120 Å². The Hall–Kier alpha value is -4.30. The Balaban J connectivity index is 1.34. The molecule has 0 fully saturated rings. The number of nitrogens with zero attached hydrogens (tertiary/aromatic N) is 2. The van der Waals surface area contributed by atoms with Crippen molar-refractivity contribution in [2.75, 3.05) is 0 Å². The van der Waals surface area contributed by atoms with Crippen LogP contribution in [-0.2, 0) is 13.1 Å². The fourth-order valence-corrected chi connectivity index (χ4v) is 8.53. The summed E-state index contributed by atoms with van der Waals surface area (Å²) in [5.41, 5.74) is 5.58. The molecule has 0 N–H and O–H groups in total. The van der Waals surface area contributed by atoms with E-state index in [9.17, 15) is 0 Å². The van der Waals surface area contributed by atoms with Crippen molar-refractivity contribution in [3.8, 4) is 0 Å². The monoisotopic (exact) mass is 630 g/mol. The highest BCUT2D eigenvalue weighted by Crippen LogP contribution is 2.42. The second-order valence-electron chi connectivity index (χ2n) is 14.3. The van der Waals surface area contributed by atoms with E-state index in [4.69, 9.17) is 0 Å². The van der Waals surface area contributed by atoms with E-state index in [-0.39, 0.29) is 0 Å². The zero-order valence-corrected chi connectivity index (χ0v) is 29.0. The van der Waals surface area contributed by atoms with Gasteiger partial charge in [0.2, 0.25) is 0 Å². The number of benzene rings is 6. The fraction of sp³-hybridized carbons (Fsp3) is 0.348. The lowest BCUT2D eigenvalue weighted by atomic mass is 10.0. The van der Waals surface area contributed by atoms with Gasteiger partial charge in [0.25, 0.3) is 0 Å². The number of hydrogen-bond acceptors (Lipinski definition) is 0. The first-order valence-corrected chi connectivity index (χ1v) is 19.0. The molecule has 8 aromatic rings. The van der Waals surface area contributed by atoms with Crippen LogP contribution in [0.3, 0.4) is 0 Å². The second-order valence-corrected chi connectivity index (χ2v) is 14.3. The van der Waals surface area contributed by atoms with Crippen molar-refractivity contribution >= 4 is 75.9 Å². The molecule has 0 saturated heterocycles. The molecule has 2 heteroatoms.